The Balaban J connectivity index is 0.00000306. The first-order valence-corrected chi connectivity index (χ1v) is 11.6. The normalized spacial score (nSPS) is 16.9. The molecule has 0 radical (unpaired) electrons. The maximum atomic E-state index is 12.4. The average Bonchev–Trinajstić information content (AvgIpc) is 3.37. The highest BCUT2D eigenvalue weighted by Gasteiger charge is 2.20. The quantitative estimate of drug-likeness (QED) is 0.331. The van der Waals surface area contributed by atoms with Crippen molar-refractivity contribution < 1.29 is 4.79 Å². The van der Waals surface area contributed by atoms with Crippen molar-refractivity contribution >= 4 is 41.7 Å². The number of hydrogen-bond acceptors (Lipinski definition) is 3. The monoisotopic (exact) mass is 562 g/mol. The molecule has 2 aliphatic rings. The highest BCUT2D eigenvalue weighted by atomic mass is 127. The summed E-state index contributed by atoms with van der Waals surface area (Å²) in [6.45, 7) is 7.32. The minimum atomic E-state index is -0.00297. The molecule has 2 aliphatic heterocycles. The van der Waals surface area contributed by atoms with Gasteiger partial charge in [-0.2, -0.15) is 0 Å². The summed E-state index contributed by atoms with van der Waals surface area (Å²) in [4.78, 5) is 23.5. The van der Waals surface area contributed by atoms with Crippen LogP contribution in [0.25, 0.3) is 0 Å². The molecule has 2 aromatic carbocycles. The molecule has 178 valence electrons. The second-order valence-electron chi connectivity index (χ2n) is 8.47. The molecule has 33 heavy (non-hydrogen) atoms. The molecule has 2 fully saturated rings. The summed E-state index contributed by atoms with van der Waals surface area (Å²) < 4.78 is 0. The van der Waals surface area contributed by atoms with Gasteiger partial charge in [-0.1, -0.05) is 42.5 Å². The van der Waals surface area contributed by atoms with E-state index >= 15 is 0 Å². The van der Waals surface area contributed by atoms with Crippen LogP contribution in [0.4, 0.5) is 10.5 Å². The van der Waals surface area contributed by atoms with E-state index in [-0.39, 0.29) is 30.0 Å². The van der Waals surface area contributed by atoms with Gasteiger partial charge in [0.2, 0.25) is 0 Å². The van der Waals surface area contributed by atoms with E-state index in [1.165, 1.54) is 5.56 Å². The summed E-state index contributed by atoms with van der Waals surface area (Å²) in [5, 5.41) is 6.52. The second-order valence-corrected chi connectivity index (χ2v) is 8.47. The Morgan fingerprint density at radius 2 is 1.58 bits per heavy atom. The summed E-state index contributed by atoms with van der Waals surface area (Å²) in [6.07, 6.45) is 2.19. The van der Waals surface area contributed by atoms with E-state index in [2.05, 4.69) is 61.8 Å². The summed E-state index contributed by atoms with van der Waals surface area (Å²) in [5.74, 6) is 0.927. The molecule has 2 N–H and O–H groups in total. The summed E-state index contributed by atoms with van der Waals surface area (Å²) in [6, 6.07) is 18.7. The van der Waals surface area contributed by atoms with Crippen molar-refractivity contribution in [2.75, 3.05) is 51.6 Å². The van der Waals surface area contributed by atoms with E-state index in [1.807, 2.05) is 30.1 Å². The smallest absolute Gasteiger partial charge is 0.321 e. The van der Waals surface area contributed by atoms with Crippen LogP contribution in [0, 0.1) is 0 Å². The van der Waals surface area contributed by atoms with Gasteiger partial charge in [-0.3, -0.25) is 9.89 Å². The van der Waals surface area contributed by atoms with Crippen molar-refractivity contribution in [3.05, 3.63) is 65.7 Å². The first kappa shape index (κ1) is 25.3. The van der Waals surface area contributed by atoms with E-state index in [9.17, 15) is 4.79 Å². The highest BCUT2D eigenvalue weighted by molar-refractivity contribution is 14.0. The molecule has 2 saturated heterocycles. The van der Waals surface area contributed by atoms with Crippen molar-refractivity contribution in [3.8, 4) is 0 Å². The number of nitrogens with one attached hydrogen (secondary N) is 2. The standard InChI is InChI=1S/C25H34N6O.HI/c1-26-24(30-16-14-29(15-17-30)20-21-8-3-2-4-9-21)27-19-22-10-7-11-23(18-22)28-25(32)31-12-5-6-13-31;/h2-4,7-11,18H,5-6,12-17,19-20H2,1H3,(H,26,27)(H,28,32);1H. The lowest BCUT2D eigenvalue weighted by Crippen LogP contribution is -2.52. The number of nitrogens with zero attached hydrogens (tertiary/aromatic N) is 4. The van der Waals surface area contributed by atoms with Crippen molar-refractivity contribution in [1.29, 1.82) is 0 Å². The fourth-order valence-corrected chi connectivity index (χ4v) is 4.35. The second kappa shape index (κ2) is 12.8. The van der Waals surface area contributed by atoms with E-state index in [1.54, 1.807) is 0 Å². The Morgan fingerprint density at radius 3 is 2.27 bits per heavy atom. The number of hydrogen-bond donors (Lipinski definition) is 2. The van der Waals surface area contributed by atoms with Gasteiger partial charge in [-0.15, -0.1) is 24.0 Å². The Bertz CT molecular complexity index is 908. The van der Waals surface area contributed by atoms with Gasteiger partial charge < -0.3 is 20.4 Å². The third-order valence-corrected chi connectivity index (χ3v) is 6.15. The van der Waals surface area contributed by atoms with Crippen LogP contribution in [0.2, 0.25) is 0 Å². The first-order valence-electron chi connectivity index (χ1n) is 11.6. The summed E-state index contributed by atoms with van der Waals surface area (Å²) in [5.41, 5.74) is 3.32. The molecule has 0 atom stereocenters. The summed E-state index contributed by atoms with van der Waals surface area (Å²) in [7, 11) is 1.84. The number of halogens is 1. The average molecular weight is 563 g/mol. The molecule has 4 rings (SSSR count). The number of benzene rings is 2. The maximum absolute atomic E-state index is 12.4. The van der Waals surface area contributed by atoms with Crippen LogP contribution in [-0.4, -0.2) is 73.0 Å². The number of carbonyl (C=O) groups excluding carboxylic acids is 1. The van der Waals surface area contributed by atoms with E-state index in [0.717, 1.165) is 75.9 Å². The molecule has 0 aromatic heterocycles. The molecule has 0 aliphatic carbocycles. The van der Waals surface area contributed by atoms with Crippen molar-refractivity contribution in [1.82, 2.24) is 20.0 Å². The van der Waals surface area contributed by atoms with Gasteiger partial charge in [-0.05, 0) is 36.1 Å². The lowest BCUT2D eigenvalue weighted by molar-refractivity contribution is 0.172. The van der Waals surface area contributed by atoms with E-state index in [0.29, 0.717) is 6.54 Å². The van der Waals surface area contributed by atoms with Crippen LogP contribution in [0.5, 0.6) is 0 Å². The van der Waals surface area contributed by atoms with E-state index in [4.69, 9.17) is 0 Å². The maximum Gasteiger partial charge on any atom is 0.321 e. The third-order valence-electron chi connectivity index (χ3n) is 6.15. The largest absolute Gasteiger partial charge is 0.352 e. The fraction of sp³-hybridized carbons (Fsp3) is 0.440. The molecule has 0 bridgehead atoms. The van der Waals surface area contributed by atoms with Crippen LogP contribution in [0.1, 0.15) is 24.0 Å². The number of amides is 2. The zero-order chi connectivity index (χ0) is 22.2. The number of anilines is 1. The number of guanidine groups is 1. The van der Waals surface area contributed by atoms with Crippen molar-refractivity contribution in [2.24, 2.45) is 4.99 Å². The number of likely N-dealkylation sites (tertiary alicyclic amines) is 1. The number of carbonyl (C=O) groups is 1. The SMILES string of the molecule is CN=C(NCc1cccc(NC(=O)N2CCCC2)c1)N1CCN(Cc2ccccc2)CC1.I. The van der Waals surface area contributed by atoms with Crippen LogP contribution in [0.15, 0.2) is 59.6 Å². The lowest BCUT2D eigenvalue weighted by Gasteiger charge is -2.36. The minimum absolute atomic E-state index is 0. The molecular weight excluding hydrogens is 527 g/mol. The molecule has 0 spiro atoms. The van der Waals surface area contributed by atoms with Crippen molar-refractivity contribution in [3.63, 3.8) is 0 Å². The molecular formula is C25H35IN6O. The number of piperazine rings is 1. The van der Waals surface area contributed by atoms with Gasteiger partial charge >= 0.3 is 6.03 Å². The fourth-order valence-electron chi connectivity index (χ4n) is 4.35. The number of urea groups is 1. The van der Waals surface area contributed by atoms with Crippen LogP contribution in [0.3, 0.4) is 0 Å². The molecule has 0 unspecified atom stereocenters. The Morgan fingerprint density at radius 1 is 0.879 bits per heavy atom. The molecule has 2 amide bonds. The zero-order valence-electron chi connectivity index (χ0n) is 19.4. The van der Waals surface area contributed by atoms with Gasteiger partial charge in [0.05, 0.1) is 0 Å². The van der Waals surface area contributed by atoms with Crippen LogP contribution < -0.4 is 10.6 Å². The topological polar surface area (TPSA) is 63.2 Å². The predicted molar refractivity (Wildman–Crippen MR) is 145 cm³/mol. The van der Waals surface area contributed by atoms with Crippen molar-refractivity contribution in [2.45, 2.75) is 25.9 Å². The van der Waals surface area contributed by atoms with Gasteiger partial charge in [0.1, 0.15) is 0 Å². The highest BCUT2D eigenvalue weighted by Crippen LogP contribution is 2.14. The van der Waals surface area contributed by atoms with Gasteiger partial charge in [0.15, 0.2) is 5.96 Å². The molecule has 0 saturated carbocycles. The first-order chi connectivity index (χ1) is 15.7. The van der Waals surface area contributed by atoms with Gasteiger partial charge in [0, 0.05) is 65.1 Å². The van der Waals surface area contributed by atoms with Gasteiger partial charge in [0.25, 0.3) is 0 Å². The number of aliphatic imine (C=N–C) groups is 1. The minimum Gasteiger partial charge on any atom is -0.352 e. The zero-order valence-corrected chi connectivity index (χ0v) is 21.7. The summed E-state index contributed by atoms with van der Waals surface area (Å²) >= 11 is 0. The Labute approximate surface area is 214 Å². The van der Waals surface area contributed by atoms with Crippen LogP contribution in [-0.2, 0) is 13.1 Å². The van der Waals surface area contributed by atoms with Gasteiger partial charge in [-0.25, -0.2) is 4.79 Å². The van der Waals surface area contributed by atoms with Crippen LogP contribution >= 0.6 is 24.0 Å². The Kier molecular flexibility index (Phi) is 9.80. The molecule has 7 nitrogen and oxygen atoms in total. The molecule has 2 aromatic rings. The lowest BCUT2D eigenvalue weighted by atomic mass is 10.2. The van der Waals surface area contributed by atoms with E-state index < -0.39 is 0 Å². The Hall–Kier alpha value is -2.33. The number of rotatable bonds is 5. The predicted octanol–water partition coefficient (Wildman–Crippen LogP) is 3.83. The third kappa shape index (κ3) is 7.33. The molecule has 8 heteroatoms. The molecule has 2 heterocycles.